The summed E-state index contributed by atoms with van der Waals surface area (Å²) in [6, 6.07) is 16.8. The maximum Gasteiger partial charge on any atom is 0.229 e. The Balaban J connectivity index is 1.22. The zero-order chi connectivity index (χ0) is 30.4. The quantitative estimate of drug-likeness (QED) is 0.166. The number of benzene rings is 2. The van der Waals surface area contributed by atoms with Crippen LogP contribution >= 0.6 is 23.4 Å². The summed E-state index contributed by atoms with van der Waals surface area (Å²) in [5.74, 6) is 3.82. The van der Waals surface area contributed by atoms with E-state index in [9.17, 15) is 8.42 Å². The number of thioether (sulfide) groups is 1. The van der Waals surface area contributed by atoms with Crippen LogP contribution in [0.3, 0.4) is 0 Å². The van der Waals surface area contributed by atoms with Crippen LogP contribution in [0.15, 0.2) is 70.1 Å². The Bertz CT molecular complexity index is 1660. The molecule has 1 aliphatic rings. The highest BCUT2D eigenvalue weighted by molar-refractivity contribution is 7.98. The van der Waals surface area contributed by atoms with E-state index < -0.39 is 10.0 Å². The van der Waals surface area contributed by atoms with Crippen molar-refractivity contribution in [2.75, 3.05) is 61.9 Å². The van der Waals surface area contributed by atoms with Gasteiger partial charge < -0.3 is 24.7 Å². The molecule has 0 saturated carbocycles. The van der Waals surface area contributed by atoms with Crippen molar-refractivity contribution in [1.29, 1.82) is 0 Å². The molecule has 5 rings (SSSR count). The number of nitrogens with zero attached hydrogens (tertiary/aromatic N) is 4. The average molecular weight is 644 g/mol. The third-order valence-corrected chi connectivity index (χ3v) is 8.60. The van der Waals surface area contributed by atoms with E-state index in [-0.39, 0.29) is 11.0 Å². The van der Waals surface area contributed by atoms with Gasteiger partial charge >= 0.3 is 0 Å². The number of nitrogens with one attached hydrogen (secondary N) is 3. The summed E-state index contributed by atoms with van der Waals surface area (Å²) in [5.41, 5.74) is 1.53. The predicted molar refractivity (Wildman–Crippen MR) is 173 cm³/mol. The second-order valence-electron chi connectivity index (χ2n) is 10.2. The van der Waals surface area contributed by atoms with E-state index in [1.165, 1.54) is 6.20 Å². The van der Waals surface area contributed by atoms with Crippen LogP contribution in [0.2, 0.25) is 5.02 Å². The van der Waals surface area contributed by atoms with Crippen molar-refractivity contribution < 1.29 is 17.6 Å². The molecule has 11 nitrogen and oxygen atoms in total. The Morgan fingerprint density at radius 3 is 2.49 bits per heavy atom. The third-order valence-electron chi connectivity index (χ3n) is 6.71. The first-order valence-corrected chi connectivity index (χ1v) is 16.8. The van der Waals surface area contributed by atoms with Gasteiger partial charge in [0.1, 0.15) is 22.3 Å². The SMILES string of the molecule is COc1cc(SCc2ccc(CN3CCN(C)CC3)o2)ccc1Nc1ncc(Cl)c(Nc2ccccc2NS(C)(=O)=O)n1. The molecule has 1 aliphatic heterocycles. The van der Waals surface area contributed by atoms with E-state index in [0.717, 1.165) is 55.4 Å². The van der Waals surface area contributed by atoms with E-state index in [4.69, 9.17) is 20.8 Å². The molecule has 0 atom stereocenters. The zero-order valence-electron chi connectivity index (χ0n) is 24.1. The van der Waals surface area contributed by atoms with Crippen molar-refractivity contribution in [3.8, 4) is 5.75 Å². The molecular formula is C29H34ClN7O4S2. The predicted octanol–water partition coefficient (Wildman–Crippen LogP) is 5.63. The van der Waals surface area contributed by atoms with Crippen LogP contribution in [0, 0.1) is 0 Å². The van der Waals surface area contributed by atoms with Gasteiger partial charge in [-0.05, 0) is 49.5 Å². The van der Waals surface area contributed by atoms with Gasteiger partial charge in [0.05, 0.1) is 48.9 Å². The van der Waals surface area contributed by atoms with Gasteiger partial charge in [0.25, 0.3) is 0 Å². The molecule has 228 valence electrons. The van der Waals surface area contributed by atoms with Crippen LogP contribution < -0.4 is 20.1 Å². The maximum absolute atomic E-state index is 11.8. The Labute approximate surface area is 261 Å². The summed E-state index contributed by atoms with van der Waals surface area (Å²) >= 11 is 8.02. The molecule has 0 aliphatic carbocycles. The molecule has 0 spiro atoms. The van der Waals surface area contributed by atoms with Gasteiger partial charge in [0.2, 0.25) is 16.0 Å². The number of furan rings is 1. The number of halogens is 1. The highest BCUT2D eigenvalue weighted by Crippen LogP contribution is 2.35. The second kappa shape index (κ2) is 13.9. The van der Waals surface area contributed by atoms with Gasteiger partial charge in [0, 0.05) is 31.1 Å². The molecule has 2 aromatic carbocycles. The Morgan fingerprint density at radius 2 is 1.74 bits per heavy atom. The van der Waals surface area contributed by atoms with Crippen molar-refractivity contribution in [3.63, 3.8) is 0 Å². The minimum Gasteiger partial charge on any atom is -0.495 e. The van der Waals surface area contributed by atoms with Gasteiger partial charge in [-0.25, -0.2) is 13.4 Å². The third kappa shape index (κ3) is 8.77. The summed E-state index contributed by atoms with van der Waals surface area (Å²) in [4.78, 5) is 14.6. The molecule has 0 bridgehead atoms. The number of rotatable bonds is 12. The number of hydrogen-bond donors (Lipinski definition) is 3. The molecule has 3 heterocycles. The van der Waals surface area contributed by atoms with Gasteiger partial charge in [-0.2, -0.15) is 4.98 Å². The molecule has 14 heteroatoms. The lowest BCUT2D eigenvalue weighted by atomic mass is 10.2. The van der Waals surface area contributed by atoms with E-state index in [1.807, 2.05) is 24.3 Å². The average Bonchev–Trinajstić information content (AvgIpc) is 3.43. The molecule has 1 saturated heterocycles. The first kappa shape index (κ1) is 31.0. The van der Waals surface area contributed by atoms with Gasteiger partial charge in [-0.15, -0.1) is 11.8 Å². The molecule has 3 N–H and O–H groups in total. The molecular weight excluding hydrogens is 610 g/mol. The van der Waals surface area contributed by atoms with E-state index in [0.29, 0.717) is 34.4 Å². The minimum absolute atomic E-state index is 0.267. The van der Waals surface area contributed by atoms with Crippen molar-refractivity contribution in [2.45, 2.75) is 17.2 Å². The summed E-state index contributed by atoms with van der Waals surface area (Å²) in [7, 11) is 0.280. The monoisotopic (exact) mass is 643 g/mol. The first-order valence-electron chi connectivity index (χ1n) is 13.6. The zero-order valence-corrected chi connectivity index (χ0v) is 26.5. The Hall–Kier alpha value is -3.49. The van der Waals surface area contributed by atoms with Crippen molar-refractivity contribution in [3.05, 3.63) is 77.3 Å². The van der Waals surface area contributed by atoms with E-state index >= 15 is 0 Å². The second-order valence-corrected chi connectivity index (χ2v) is 13.4. The lowest BCUT2D eigenvalue weighted by Gasteiger charge is -2.31. The Kier molecular flexibility index (Phi) is 9.98. The number of aromatic nitrogens is 2. The molecule has 0 radical (unpaired) electrons. The van der Waals surface area contributed by atoms with Crippen molar-refractivity contribution >= 4 is 62.2 Å². The van der Waals surface area contributed by atoms with Crippen LogP contribution in [0.25, 0.3) is 0 Å². The highest BCUT2D eigenvalue weighted by Gasteiger charge is 2.16. The van der Waals surface area contributed by atoms with Crippen LogP contribution in [-0.4, -0.2) is 74.8 Å². The molecule has 4 aromatic rings. The van der Waals surface area contributed by atoms with Gasteiger partial charge in [-0.1, -0.05) is 23.7 Å². The number of para-hydroxylation sites is 2. The summed E-state index contributed by atoms with van der Waals surface area (Å²) < 4.78 is 37.8. The van der Waals surface area contributed by atoms with Crippen molar-refractivity contribution in [2.24, 2.45) is 0 Å². The van der Waals surface area contributed by atoms with Gasteiger partial charge in [0.15, 0.2) is 5.82 Å². The molecule has 0 unspecified atom stereocenters. The number of anilines is 5. The summed E-state index contributed by atoms with van der Waals surface area (Å²) in [6.07, 6.45) is 2.55. The number of methoxy groups -OCH3 is 1. The first-order chi connectivity index (χ1) is 20.6. The molecule has 43 heavy (non-hydrogen) atoms. The fourth-order valence-corrected chi connectivity index (χ4v) is 6.01. The lowest BCUT2D eigenvalue weighted by molar-refractivity contribution is 0.140. The number of sulfonamides is 1. The molecule has 1 fully saturated rings. The number of piperazine rings is 1. The van der Waals surface area contributed by atoms with Crippen LogP contribution in [-0.2, 0) is 22.3 Å². The summed E-state index contributed by atoms with van der Waals surface area (Å²) in [5, 5.41) is 6.54. The topological polar surface area (TPSA) is 125 Å². The fraction of sp³-hybridized carbons (Fsp3) is 0.310. The largest absolute Gasteiger partial charge is 0.495 e. The number of ether oxygens (including phenoxy) is 1. The molecule has 0 amide bonds. The standard InChI is InChI=1S/C29H34ClN7O4S2/c1-36-12-14-37(15-13-36)18-20-8-9-21(41-20)19-42-22-10-11-26(27(16-22)40-2)33-29-31-17-23(30)28(34-29)32-24-6-4-5-7-25(24)35-43(3,38)39/h4-11,16-17,35H,12-15,18-19H2,1-3H3,(H2,31,32,33,34). The van der Waals surface area contributed by atoms with Crippen LogP contribution in [0.5, 0.6) is 5.75 Å². The minimum atomic E-state index is -3.48. The normalized spacial score (nSPS) is 14.4. The number of hydrogen-bond acceptors (Lipinski definition) is 11. The van der Waals surface area contributed by atoms with Gasteiger partial charge in [-0.3, -0.25) is 9.62 Å². The Morgan fingerprint density at radius 1 is 1.00 bits per heavy atom. The smallest absolute Gasteiger partial charge is 0.229 e. The van der Waals surface area contributed by atoms with E-state index in [1.54, 1.807) is 43.1 Å². The van der Waals surface area contributed by atoms with Crippen molar-refractivity contribution in [1.82, 2.24) is 19.8 Å². The van der Waals surface area contributed by atoms with E-state index in [2.05, 4.69) is 48.2 Å². The maximum atomic E-state index is 11.8. The number of likely N-dealkylation sites (N-methyl/N-ethyl adjacent to an activating group) is 1. The fourth-order valence-electron chi connectivity index (χ4n) is 4.47. The van der Waals surface area contributed by atoms with Crippen LogP contribution in [0.4, 0.5) is 28.8 Å². The lowest BCUT2D eigenvalue weighted by Crippen LogP contribution is -2.43. The highest BCUT2D eigenvalue weighted by atomic mass is 35.5. The molecule has 2 aromatic heterocycles. The van der Waals surface area contributed by atoms with Crippen LogP contribution in [0.1, 0.15) is 11.5 Å². The summed E-state index contributed by atoms with van der Waals surface area (Å²) in [6.45, 7) is 5.10.